The molecule has 1 heterocycles. The topological polar surface area (TPSA) is 46.5 Å². The van der Waals surface area contributed by atoms with Crippen molar-refractivity contribution >= 4 is 5.97 Å². The third-order valence-electron chi connectivity index (χ3n) is 3.37. The van der Waals surface area contributed by atoms with Gasteiger partial charge in [0, 0.05) is 11.1 Å². The van der Waals surface area contributed by atoms with Crippen molar-refractivity contribution in [2.24, 2.45) is 0 Å². The van der Waals surface area contributed by atoms with E-state index in [9.17, 15) is 14.3 Å². The zero-order valence-electron chi connectivity index (χ0n) is 9.97. The molecule has 0 saturated heterocycles. The standard InChI is InChI=1S/C15H11FO3/c16-9-15(10-5-7-11(17)8-6-10)13-4-2-1-3-12(13)14(18)19-15/h1-8,17H,9H2. The average Bonchev–Trinajstić information content (AvgIpc) is 2.74. The van der Waals surface area contributed by atoms with Crippen molar-refractivity contribution in [2.45, 2.75) is 5.60 Å². The summed E-state index contributed by atoms with van der Waals surface area (Å²) in [6.07, 6.45) is 0. The smallest absolute Gasteiger partial charge is 0.339 e. The number of phenolic OH excluding ortho intramolecular Hbond substituents is 1. The first-order valence-electron chi connectivity index (χ1n) is 5.86. The lowest BCUT2D eigenvalue weighted by atomic mass is 9.86. The fourth-order valence-corrected chi connectivity index (χ4v) is 2.40. The second kappa shape index (κ2) is 4.09. The van der Waals surface area contributed by atoms with Gasteiger partial charge in [-0.15, -0.1) is 0 Å². The fourth-order valence-electron chi connectivity index (χ4n) is 2.40. The van der Waals surface area contributed by atoms with Gasteiger partial charge in [-0.1, -0.05) is 30.3 Å². The van der Waals surface area contributed by atoms with Crippen molar-refractivity contribution in [1.29, 1.82) is 0 Å². The van der Waals surface area contributed by atoms with Gasteiger partial charge >= 0.3 is 5.97 Å². The summed E-state index contributed by atoms with van der Waals surface area (Å²) in [5.41, 5.74) is 0.00832. The molecule has 1 aliphatic rings. The molecule has 1 N–H and O–H groups in total. The van der Waals surface area contributed by atoms with Crippen LogP contribution in [0.1, 0.15) is 21.5 Å². The number of phenols is 1. The molecule has 1 aliphatic heterocycles. The molecule has 0 amide bonds. The number of benzene rings is 2. The first-order valence-corrected chi connectivity index (χ1v) is 5.86. The van der Waals surface area contributed by atoms with Crippen LogP contribution in [-0.4, -0.2) is 17.8 Å². The van der Waals surface area contributed by atoms with Crippen molar-refractivity contribution in [3.63, 3.8) is 0 Å². The molecule has 0 spiro atoms. The van der Waals surface area contributed by atoms with Gasteiger partial charge in [0.25, 0.3) is 0 Å². The van der Waals surface area contributed by atoms with Crippen LogP contribution in [0.25, 0.3) is 0 Å². The number of halogens is 1. The van der Waals surface area contributed by atoms with Crippen molar-refractivity contribution in [1.82, 2.24) is 0 Å². The van der Waals surface area contributed by atoms with Crippen LogP contribution in [0.15, 0.2) is 48.5 Å². The second-order valence-corrected chi connectivity index (χ2v) is 4.44. The third kappa shape index (κ3) is 1.60. The zero-order valence-corrected chi connectivity index (χ0v) is 9.97. The van der Waals surface area contributed by atoms with E-state index < -0.39 is 18.2 Å². The number of alkyl halides is 1. The largest absolute Gasteiger partial charge is 0.508 e. The lowest BCUT2D eigenvalue weighted by Gasteiger charge is -2.26. The summed E-state index contributed by atoms with van der Waals surface area (Å²) in [6.45, 7) is -0.847. The maximum absolute atomic E-state index is 13.7. The Morgan fingerprint density at radius 2 is 1.79 bits per heavy atom. The first kappa shape index (κ1) is 11.7. The molecule has 96 valence electrons. The van der Waals surface area contributed by atoms with Gasteiger partial charge in [-0.25, -0.2) is 9.18 Å². The van der Waals surface area contributed by atoms with Gasteiger partial charge in [0.15, 0.2) is 5.60 Å². The minimum atomic E-state index is -1.40. The lowest BCUT2D eigenvalue weighted by molar-refractivity contribution is 0.000385. The Hall–Kier alpha value is -2.36. The van der Waals surface area contributed by atoms with Crippen molar-refractivity contribution in [2.75, 3.05) is 6.67 Å². The summed E-state index contributed by atoms with van der Waals surface area (Å²) < 4.78 is 19.0. The monoisotopic (exact) mass is 258 g/mol. The SMILES string of the molecule is O=C1OC(CF)(c2ccc(O)cc2)c2ccccc21. The molecule has 1 unspecified atom stereocenters. The molecule has 0 radical (unpaired) electrons. The Morgan fingerprint density at radius 1 is 1.11 bits per heavy atom. The number of carbonyl (C=O) groups excluding carboxylic acids is 1. The summed E-state index contributed by atoms with van der Waals surface area (Å²) in [5.74, 6) is -0.448. The van der Waals surface area contributed by atoms with Crippen LogP contribution in [0.2, 0.25) is 0 Å². The Balaban J connectivity index is 2.21. The van der Waals surface area contributed by atoms with Crippen LogP contribution in [0.4, 0.5) is 4.39 Å². The van der Waals surface area contributed by atoms with Gasteiger partial charge in [-0.2, -0.15) is 0 Å². The van der Waals surface area contributed by atoms with E-state index in [1.807, 2.05) is 0 Å². The van der Waals surface area contributed by atoms with Crippen LogP contribution in [0.5, 0.6) is 5.75 Å². The molecule has 0 saturated carbocycles. The normalized spacial score (nSPS) is 21.0. The molecular formula is C15H11FO3. The number of ether oxygens (including phenoxy) is 1. The molecule has 3 rings (SSSR count). The van der Waals surface area contributed by atoms with Crippen LogP contribution >= 0.6 is 0 Å². The molecular weight excluding hydrogens is 247 g/mol. The van der Waals surface area contributed by atoms with Crippen molar-refractivity contribution < 1.29 is 19.0 Å². The van der Waals surface area contributed by atoms with Crippen LogP contribution in [-0.2, 0) is 10.3 Å². The number of fused-ring (bicyclic) bond motifs is 1. The second-order valence-electron chi connectivity index (χ2n) is 4.44. The number of esters is 1. The van der Waals surface area contributed by atoms with Crippen LogP contribution in [0, 0.1) is 0 Å². The predicted molar refractivity (Wildman–Crippen MR) is 66.7 cm³/mol. The highest BCUT2D eigenvalue weighted by atomic mass is 19.1. The van der Waals surface area contributed by atoms with Gasteiger partial charge in [-0.3, -0.25) is 0 Å². The zero-order chi connectivity index (χ0) is 13.5. The summed E-state index contributed by atoms with van der Waals surface area (Å²) in [6, 6.07) is 12.8. The average molecular weight is 258 g/mol. The summed E-state index contributed by atoms with van der Waals surface area (Å²) in [4.78, 5) is 11.8. The number of hydrogen-bond donors (Lipinski definition) is 1. The summed E-state index contributed by atoms with van der Waals surface area (Å²) >= 11 is 0. The number of carbonyl (C=O) groups is 1. The van der Waals surface area contributed by atoms with Gasteiger partial charge in [0.05, 0.1) is 5.56 Å². The molecule has 0 bridgehead atoms. The van der Waals surface area contributed by atoms with Crippen molar-refractivity contribution in [3.8, 4) is 5.75 Å². The van der Waals surface area contributed by atoms with Gasteiger partial charge in [0.1, 0.15) is 12.4 Å². The summed E-state index contributed by atoms with van der Waals surface area (Å²) in [5, 5.41) is 9.30. The van der Waals surface area contributed by atoms with E-state index in [-0.39, 0.29) is 5.75 Å². The molecule has 0 fully saturated rings. The van der Waals surface area contributed by atoms with E-state index in [1.165, 1.54) is 12.1 Å². The van der Waals surface area contributed by atoms with Gasteiger partial charge in [-0.05, 0) is 18.2 Å². The van der Waals surface area contributed by atoms with Crippen LogP contribution < -0.4 is 0 Å². The Bertz CT molecular complexity index is 636. The fraction of sp³-hybridized carbons (Fsp3) is 0.133. The highest BCUT2D eigenvalue weighted by Crippen LogP contribution is 2.42. The molecule has 0 aliphatic carbocycles. The highest BCUT2D eigenvalue weighted by Gasteiger charge is 2.47. The lowest BCUT2D eigenvalue weighted by Crippen LogP contribution is -2.30. The maximum Gasteiger partial charge on any atom is 0.339 e. The minimum absolute atomic E-state index is 0.0790. The highest BCUT2D eigenvalue weighted by molar-refractivity contribution is 5.95. The van der Waals surface area contributed by atoms with E-state index >= 15 is 0 Å². The Morgan fingerprint density at radius 3 is 2.47 bits per heavy atom. The minimum Gasteiger partial charge on any atom is -0.508 e. The molecule has 3 nitrogen and oxygen atoms in total. The molecule has 19 heavy (non-hydrogen) atoms. The van der Waals surface area contributed by atoms with Crippen LogP contribution in [0.3, 0.4) is 0 Å². The number of rotatable bonds is 2. The van der Waals surface area contributed by atoms with Gasteiger partial charge in [0.2, 0.25) is 0 Å². The number of cyclic esters (lactones) is 1. The molecule has 1 atom stereocenters. The van der Waals surface area contributed by atoms with E-state index in [1.54, 1.807) is 36.4 Å². The maximum atomic E-state index is 13.7. The van der Waals surface area contributed by atoms with Crippen molar-refractivity contribution in [3.05, 3.63) is 65.2 Å². The Labute approximate surface area is 109 Å². The van der Waals surface area contributed by atoms with E-state index in [0.29, 0.717) is 16.7 Å². The quantitative estimate of drug-likeness (QED) is 0.842. The third-order valence-corrected chi connectivity index (χ3v) is 3.37. The number of hydrogen-bond acceptors (Lipinski definition) is 3. The van der Waals surface area contributed by atoms with E-state index in [4.69, 9.17) is 4.74 Å². The molecule has 0 aromatic heterocycles. The number of aromatic hydroxyl groups is 1. The first-order chi connectivity index (χ1) is 9.17. The van der Waals surface area contributed by atoms with Gasteiger partial charge < -0.3 is 9.84 Å². The Kier molecular flexibility index (Phi) is 2.52. The predicted octanol–water partition coefficient (Wildman–Crippen LogP) is 2.78. The molecule has 4 heteroatoms. The van der Waals surface area contributed by atoms with E-state index in [0.717, 1.165) is 0 Å². The van der Waals surface area contributed by atoms with E-state index in [2.05, 4.69) is 0 Å². The molecule has 2 aromatic carbocycles. The summed E-state index contributed by atoms with van der Waals surface area (Å²) in [7, 11) is 0. The molecule has 2 aromatic rings.